The van der Waals surface area contributed by atoms with Gasteiger partial charge in [-0.3, -0.25) is 0 Å². The number of nitrogens with one attached hydrogen (secondary N) is 1. The Balaban J connectivity index is 2.71. The summed E-state index contributed by atoms with van der Waals surface area (Å²) in [5.41, 5.74) is 2.88. The maximum atomic E-state index is 8.87. The first-order valence-electron chi connectivity index (χ1n) is 5.10. The highest BCUT2D eigenvalue weighted by Gasteiger charge is 1.96. The molecular formula is C13H16N2. The van der Waals surface area contributed by atoms with Crippen molar-refractivity contribution in [1.29, 1.82) is 5.26 Å². The Labute approximate surface area is 91.2 Å². The van der Waals surface area contributed by atoms with E-state index >= 15 is 0 Å². The number of rotatable bonds is 4. The van der Waals surface area contributed by atoms with Crippen LogP contribution < -0.4 is 5.32 Å². The average molecular weight is 200 g/mol. The average Bonchev–Trinajstić information content (AvgIpc) is 2.26. The van der Waals surface area contributed by atoms with Gasteiger partial charge in [-0.1, -0.05) is 24.3 Å². The SMILES string of the molecule is CNCCC=Cc1ccc(C)c(C#N)c1. The number of aryl methyl sites for hydroxylation is 1. The molecule has 78 valence electrons. The molecule has 1 rings (SSSR count). The molecule has 2 heteroatoms. The summed E-state index contributed by atoms with van der Waals surface area (Å²) in [5, 5.41) is 12.0. The fourth-order valence-corrected chi connectivity index (χ4v) is 1.31. The predicted octanol–water partition coefficient (Wildman–Crippen LogP) is 2.49. The first-order valence-corrected chi connectivity index (χ1v) is 5.10. The van der Waals surface area contributed by atoms with Gasteiger partial charge >= 0.3 is 0 Å². The Morgan fingerprint density at radius 1 is 1.47 bits per heavy atom. The molecule has 0 amide bonds. The summed E-state index contributed by atoms with van der Waals surface area (Å²) in [5.74, 6) is 0. The molecule has 0 aliphatic rings. The van der Waals surface area contributed by atoms with E-state index in [4.69, 9.17) is 5.26 Å². The van der Waals surface area contributed by atoms with Crippen LogP contribution in [0.25, 0.3) is 6.08 Å². The van der Waals surface area contributed by atoms with E-state index in [1.165, 1.54) is 0 Å². The van der Waals surface area contributed by atoms with Crippen molar-refractivity contribution in [2.75, 3.05) is 13.6 Å². The Morgan fingerprint density at radius 3 is 2.93 bits per heavy atom. The van der Waals surface area contributed by atoms with Gasteiger partial charge in [0.15, 0.2) is 0 Å². The monoisotopic (exact) mass is 200 g/mol. The molecule has 0 radical (unpaired) electrons. The van der Waals surface area contributed by atoms with E-state index < -0.39 is 0 Å². The van der Waals surface area contributed by atoms with E-state index in [2.05, 4.69) is 23.5 Å². The van der Waals surface area contributed by atoms with Gasteiger partial charge in [-0.05, 0) is 44.1 Å². The Morgan fingerprint density at radius 2 is 2.27 bits per heavy atom. The van der Waals surface area contributed by atoms with Gasteiger partial charge in [-0.2, -0.15) is 5.26 Å². The molecule has 0 saturated heterocycles. The lowest BCUT2D eigenvalue weighted by Gasteiger charge is -1.98. The van der Waals surface area contributed by atoms with Crippen molar-refractivity contribution >= 4 is 6.08 Å². The second kappa shape index (κ2) is 6.00. The second-order valence-electron chi connectivity index (χ2n) is 3.48. The molecule has 1 N–H and O–H groups in total. The lowest BCUT2D eigenvalue weighted by Crippen LogP contribution is -2.05. The molecule has 0 aliphatic heterocycles. The third-order valence-corrected chi connectivity index (χ3v) is 2.25. The number of nitriles is 1. The van der Waals surface area contributed by atoms with E-state index in [0.29, 0.717) is 0 Å². The maximum absolute atomic E-state index is 8.87. The van der Waals surface area contributed by atoms with E-state index in [-0.39, 0.29) is 0 Å². The molecular weight excluding hydrogens is 184 g/mol. The molecule has 1 aromatic carbocycles. The molecule has 0 spiro atoms. The van der Waals surface area contributed by atoms with Crippen LogP contribution >= 0.6 is 0 Å². The van der Waals surface area contributed by atoms with Crippen LogP contribution in [0.3, 0.4) is 0 Å². The Bertz CT molecular complexity index is 386. The summed E-state index contributed by atoms with van der Waals surface area (Å²) in [6, 6.07) is 8.13. The Kier molecular flexibility index (Phi) is 4.59. The van der Waals surface area contributed by atoms with Crippen LogP contribution in [0.15, 0.2) is 24.3 Å². The van der Waals surface area contributed by atoms with Gasteiger partial charge < -0.3 is 5.32 Å². The molecule has 2 nitrogen and oxygen atoms in total. The molecule has 0 atom stereocenters. The van der Waals surface area contributed by atoms with Gasteiger partial charge in [0.1, 0.15) is 0 Å². The van der Waals surface area contributed by atoms with E-state index in [1.807, 2.05) is 32.2 Å². The maximum Gasteiger partial charge on any atom is 0.0994 e. The third kappa shape index (κ3) is 3.57. The van der Waals surface area contributed by atoms with Crippen LogP contribution in [-0.4, -0.2) is 13.6 Å². The molecule has 0 aliphatic carbocycles. The molecule has 0 unspecified atom stereocenters. The second-order valence-corrected chi connectivity index (χ2v) is 3.48. The van der Waals surface area contributed by atoms with E-state index in [0.717, 1.165) is 29.7 Å². The highest BCUT2D eigenvalue weighted by Crippen LogP contribution is 2.11. The zero-order chi connectivity index (χ0) is 11.1. The molecule has 0 fully saturated rings. The zero-order valence-electron chi connectivity index (χ0n) is 9.25. The first-order chi connectivity index (χ1) is 7.27. The van der Waals surface area contributed by atoms with Crippen molar-refractivity contribution in [3.05, 3.63) is 41.0 Å². The van der Waals surface area contributed by atoms with Crippen molar-refractivity contribution in [2.45, 2.75) is 13.3 Å². The standard InChI is InChI=1S/C13H16N2/c1-11-6-7-12(9-13(11)10-14)5-3-4-8-15-2/h3,5-7,9,15H,4,8H2,1-2H3. The van der Waals surface area contributed by atoms with Gasteiger partial charge in [-0.15, -0.1) is 0 Å². The number of nitrogens with zero attached hydrogens (tertiary/aromatic N) is 1. The van der Waals surface area contributed by atoms with E-state index in [1.54, 1.807) is 0 Å². The smallest absolute Gasteiger partial charge is 0.0994 e. The molecule has 0 heterocycles. The van der Waals surface area contributed by atoms with Crippen molar-refractivity contribution < 1.29 is 0 Å². The highest BCUT2D eigenvalue weighted by atomic mass is 14.8. The lowest BCUT2D eigenvalue weighted by molar-refractivity contribution is 0.809. The summed E-state index contributed by atoms with van der Waals surface area (Å²) >= 11 is 0. The summed E-state index contributed by atoms with van der Waals surface area (Å²) < 4.78 is 0. The summed E-state index contributed by atoms with van der Waals surface area (Å²) in [7, 11) is 1.94. The van der Waals surface area contributed by atoms with E-state index in [9.17, 15) is 0 Å². The van der Waals surface area contributed by atoms with Crippen LogP contribution in [0, 0.1) is 18.3 Å². The summed E-state index contributed by atoms with van der Waals surface area (Å²) in [4.78, 5) is 0. The molecule has 0 aromatic heterocycles. The van der Waals surface area contributed by atoms with Gasteiger partial charge in [0.25, 0.3) is 0 Å². The van der Waals surface area contributed by atoms with Crippen molar-refractivity contribution in [1.82, 2.24) is 5.32 Å². The minimum absolute atomic E-state index is 0.755. The minimum Gasteiger partial charge on any atom is -0.319 e. The lowest BCUT2D eigenvalue weighted by atomic mass is 10.1. The minimum atomic E-state index is 0.755. The number of hydrogen-bond donors (Lipinski definition) is 1. The topological polar surface area (TPSA) is 35.8 Å². The fourth-order valence-electron chi connectivity index (χ4n) is 1.31. The van der Waals surface area contributed by atoms with Crippen molar-refractivity contribution in [3.63, 3.8) is 0 Å². The Hall–Kier alpha value is -1.59. The van der Waals surface area contributed by atoms with Gasteiger partial charge in [-0.25, -0.2) is 0 Å². The first kappa shape index (κ1) is 11.5. The normalized spacial score (nSPS) is 10.5. The van der Waals surface area contributed by atoms with Crippen LogP contribution in [0.4, 0.5) is 0 Å². The van der Waals surface area contributed by atoms with Crippen molar-refractivity contribution in [3.8, 4) is 6.07 Å². The fraction of sp³-hybridized carbons (Fsp3) is 0.308. The largest absolute Gasteiger partial charge is 0.319 e. The zero-order valence-corrected chi connectivity index (χ0v) is 9.25. The molecule has 1 aromatic rings. The third-order valence-electron chi connectivity index (χ3n) is 2.25. The number of benzene rings is 1. The summed E-state index contributed by atoms with van der Waals surface area (Å²) in [6.45, 7) is 2.93. The van der Waals surface area contributed by atoms with Gasteiger partial charge in [0, 0.05) is 0 Å². The predicted molar refractivity (Wildman–Crippen MR) is 63.5 cm³/mol. The van der Waals surface area contributed by atoms with Crippen LogP contribution in [0.2, 0.25) is 0 Å². The van der Waals surface area contributed by atoms with Crippen LogP contribution in [0.5, 0.6) is 0 Å². The van der Waals surface area contributed by atoms with Gasteiger partial charge in [0.2, 0.25) is 0 Å². The van der Waals surface area contributed by atoms with Crippen molar-refractivity contribution in [2.24, 2.45) is 0 Å². The highest BCUT2D eigenvalue weighted by molar-refractivity contribution is 5.54. The molecule has 15 heavy (non-hydrogen) atoms. The quantitative estimate of drug-likeness (QED) is 0.758. The molecule has 0 saturated carbocycles. The van der Waals surface area contributed by atoms with Crippen LogP contribution in [-0.2, 0) is 0 Å². The van der Waals surface area contributed by atoms with Crippen LogP contribution in [0.1, 0.15) is 23.1 Å². The summed E-state index contributed by atoms with van der Waals surface area (Å²) in [6.07, 6.45) is 5.17. The molecule has 0 bridgehead atoms. The number of hydrogen-bond acceptors (Lipinski definition) is 2. The van der Waals surface area contributed by atoms with Gasteiger partial charge in [0.05, 0.1) is 11.6 Å².